The minimum Gasteiger partial charge on any atom is -0.487 e. The quantitative estimate of drug-likeness (QED) is 0.793. The summed E-state index contributed by atoms with van der Waals surface area (Å²) in [4.78, 5) is 0. The van der Waals surface area contributed by atoms with Crippen LogP contribution in [0.4, 0.5) is 0 Å². The summed E-state index contributed by atoms with van der Waals surface area (Å²) < 4.78 is 10.8. The van der Waals surface area contributed by atoms with Crippen LogP contribution in [-0.2, 0) is 4.74 Å². The van der Waals surface area contributed by atoms with Crippen molar-refractivity contribution in [3.8, 4) is 11.8 Å². The van der Waals surface area contributed by atoms with Crippen LogP contribution in [0.25, 0.3) is 0 Å². The van der Waals surface area contributed by atoms with Gasteiger partial charge in [0.1, 0.15) is 23.5 Å². The summed E-state index contributed by atoms with van der Waals surface area (Å²) in [6.07, 6.45) is -0.106. The van der Waals surface area contributed by atoms with Crippen molar-refractivity contribution in [1.82, 2.24) is 0 Å². The van der Waals surface area contributed by atoms with Crippen molar-refractivity contribution in [2.45, 2.75) is 20.0 Å². The highest BCUT2D eigenvalue weighted by molar-refractivity contribution is 6.31. The Labute approximate surface area is 101 Å². The molecule has 0 aliphatic carbocycles. The Morgan fingerprint density at radius 1 is 1.50 bits per heavy atom. The van der Waals surface area contributed by atoms with Gasteiger partial charge in [0, 0.05) is 6.61 Å². The zero-order chi connectivity index (χ0) is 12.0. The highest BCUT2D eigenvalue weighted by Crippen LogP contribution is 2.26. The van der Waals surface area contributed by atoms with Gasteiger partial charge in [-0.15, -0.1) is 0 Å². The second kappa shape index (κ2) is 6.37. The standard InChI is InChI=1S/C12H14ClNO2/c1-3-15-8-9(2)16-12-6-4-5-11(13)10(12)7-14/h4-6,9H,3,8H2,1-2H3. The topological polar surface area (TPSA) is 42.2 Å². The number of hydrogen-bond donors (Lipinski definition) is 0. The highest BCUT2D eigenvalue weighted by Gasteiger charge is 2.10. The summed E-state index contributed by atoms with van der Waals surface area (Å²) in [5, 5.41) is 9.35. The lowest BCUT2D eigenvalue weighted by molar-refractivity contribution is 0.0656. The molecule has 1 aromatic rings. The molecule has 0 aliphatic heterocycles. The first-order valence-electron chi connectivity index (χ1n) is 5.12. The normalized spacial score (nSPS) is 11.9. The first kappa shape index (κ1) is 12.8. The third kappa shape index (κ3) is 3.41. The van der Waals surface area contributed by atoms with Crippen molar-refractivity contribution < 1.29 is 9.47 Å². The Morgan fingerprint density at radius 3 is 2.88 bits per heavy atom. The molecule has 0 spiro atoms. The van der Waals surface area contributed by atoms with Crippen molar-refractivity contribution >= 4 is 11.6 Å². The molecule has 0 saturated carbocycles. The second-order valence-electron chi connectivity index (χ2n) is 3.31. The van der Waals surface area contributed by atoms with Crippen LogP contribution in [0.5, 0.6) is 5.75 Å². The minimum atomic E-state index is -0.106. The van der Waals surface area contributed by atoms with Crippen LogP contribution < -0.4 is 4.74 Å². The van der Waals surface area contributed by atoms with Gasteiger partial charge in [-0.3, -0.25) is 0 Å². The summed E-state index contributed by atoms with van der Waals surface area (Å²) in [6, 6.07) is 7.18. The van der Waals surface area contributed by atoms with E-state index in [2.05, 4.69) is 0 Å². The van der Waals surface area contributed by atoms with Crippen molar-refractivity contribution in [1.29, 1.82) is 5.26 Å². The van der Waals surface area contributed by atoms with Crippen molar-refractivity contribution in [3.05, 3.63) is 28.8 Å². The van der Waals surface area contributed by atoms with E-state index in [0.717, 1.165) is 0 Å². The largest absolute Gasteiger partial charge is 0.487 e. The van der Waals surface area contributed by atoms with E-state index in [1.54, 1.807) is 18.2 Å². The second-order valence-corrected chi connectivity index (χ2v) is 3.72. The van der Waals surface area contributed by atoms with Crippen molar-refractivity contribution in [3.63, 3.8) is 0 Å². The molecule has 0 N–H and O–H groups in total. The summed E-state index contributed by atoms with van der Waals surface area (Å²) in [5.41, 5.74) is 0.368. The van der Waals surface area contributed by atoms with Gasteiger partial charge in [-0.05, 0) is 26.0 Å². The molecule has 0 bridgehead atoms. The molecular formula is C12H14ClNO2. The smallest absolute Gasteiger partial charge is 0.139 e. The van der Waals surface area contributed by atoms with Crippen LogP contribution in [-0.4, -0.2) is 19.3 Å². The highest BCUT2D eigenvalue weighted by atomic mass is 35.5. The van der Waals surface area contributed by atoms with Crippen LogP contribution in [0.3, 0.4) is 0 Å². The fourth-order valence-corrected chi connectivity index (χ4v) is 1.45. The number of halogens is 1. The number of rotatable bonds is 5. The average molecular weight is 240 g/mol. The first-order valence-corrected chi connectivity index (χ1v) is 5.49. The zero-order valence-electron chi connectivity index (χ0n) is 9.37. The molecular weight excluding hydrogens is 226 g/mol. The maximum atomic E-state index is 8.94. The monoisotopic (exact) mass is 239 g/mol. The van der Waals surface area contributed by atoms with Gasteiger partial charge in [0.15, 0.2) is 0 Å². The molecule has 1 atom stereocenters. The van der Waals surface area contributed by atoms with E-state index in [1.807, 2.05) is 19.9 Å². The molecule has 16 heavy (non-hydrogen) atoms. The molecule has 0 fully saturated rings. The van der Waals surface area contributed by atoms with E-state index in [1.165, 1.54) is 0 Å². The molecule has 0 aromatic heterocycles. The zero-order valence-corrected chi connectivity index (χ0v) is 10.1. The molecule has 1 aromatic carbocycles. The van der Waals surface area contributed by atoms with Gasteiger partial charge in [0.25, 0.3) is 0 Å². The van der Waals surface area contributed by atoms with Gasteiger partial charge in [0.05, 0.1) is 11.6 Å². The Balaban J connectivity index is 2.74. The molecule has 4 heteroatoms. The molecule has 0 heterocycles. The van der Waals surface area contributed by atoms with Gasteiger partial charge < -0.3 is 9.47 Å². The lowest BCUT2D eigenvalue weighted by Gasteiger charge is -2.15. The molecule has 1 rings (SSSR count). The maximum absolute atomic E-state index is 8.94. The van der Waals surface area contributed by atoms with Crippen LogP contribution in [0, 0.1) is 11.3 Å². The Morgan fingerprint density at radius 2 is 2.25 bits per heavy atom. The summed E-state index contributed by atoms with van der Waals surface area (Å²) in [7, 11) is 0. The van der Waals surface area contributed by atoms with Gasteiger partial charge in [-0.1, -0.05) is 17.7 Å². The lowest BCUT2D eigenvalue weighted by atomic mass is 10.2. The molecule has 0 saturated heterocycles. The third-order valence-electron chi connectivity index (χ3n) is 1.97. The fraction of sp³-hybridized carbons (Fsp3) is 0.417. The minimum absolute atomic E-state index is 0.106. The number of nitriles is 1. The van der Waals surface area contributed by atoms with E-state index in [0.29, 0.717) is 29.5 Å². The predicted molar refractivity (Wildman–Crippen MR) is 62.8 cm³/mol. The summed E-state index contributed by atoms with van der Waals surface area (Å²) in [5.74, 6) is 0.502. The van der Waals surface area contributed by atoms with Gasteiger partial charge in [0.2, 0.25) is 0 Å². The van der Waals surface area contributed by atoms with Gasteiger partial charge in [-0.2, -0.15) is 5.26 Å². The molecule has 0 aliphatic rings. The molecule has 3 nitrogen and oxygen atoms in total. The SMILES string of the molecule is CCOCC(C)Oc1cccc(Cl)c1C#N. The van der Waals surface area contributed by atoms with Crippen LogP contribution >= 0.6 is 11.6 Å². The Bertz CT molecular complexity index is 387. The third-order valence-corrected chi connectivity index (χ3v) is 2.29. The number of ether oxygens (including phenoxy) is 2. The predicted octanol–water partition coefficient (Wildman–Crippen LogP) is 3.02. The molecule has 0 amide bonds. The van der Waals surface area contributed by atoms with E-state index >= 15 is 0 Å². The van der Waals surface area contributed by atoms with E-state index in [-0.39, 0.29) is 6.10 Å². The lowest BCUT2D eigenvalue weighted by Crippen LogP contribution is -2.19. The fourth-order valence-electron chi connectivity index (χ4n) is 1.25. The summed E-state index contributed by atoms with van der Waals surface area (Å²) >= 11 is 5.88. The molecule has 86 valence electrons. The number of nitrogens with zero attached hydrogens (tertiary/aromatic N) is 1. The van der Waals surface area contributed by atoms with Gasteiger partial charge >= 0.3 is 0 Å². The Hall–Kier alpha value is -1.24. The van der Waals surface area contributed by atoms with E-state index in [4.69, 9.17) is 26.3 Å². The van der Waals surface area contributed by atoms with Gasteiger partial charge in [-0.25, -0.2) is 0 Å². The van der Waals surface area contributed by atoms with E-state index < -0.39 is 0 Å². The van der Waals surface area contributed by atoms with Crippen LogP contribution in [0.1, 0.15) is 19.4 Å². The molecule has 0 radical (unpaired) electrons. The molecule has 1 unspecified atom stereocenters. The van der Waals surface area contributed by atoms with E-state index in [9.17, 15) is 0 Å². The summed E-state index contributed by atoms with van der Waals surface area (Å²) in [6.45, 7) is 4.95. The van der Waals surface area contributed by atoms with Crippen LogP contribution in [0.2, 0.25) is 5.02 Å². The maximum Gasteiger partial charge on any atom is 0.139 e. The average Bonchev–Trinajstić information content (AvgIpc) is 2.27. The number of hydrogen-bond acceptors (Lipinski definition) is 3. The number of benzene rings is 1. The van der Waals surface area contributed by atoms with Crippen molar-refractivity contribution in [2.24, 2.45) is 0 Å². The first-order chi connectivity index (χ1) is 7.69. The van der Waals surface area contributed by atoms with Crippen LogP contribution in [0.15, 0.2) is 18.2 Å². The Kier molecular flexibility index (Phi) is 5.10. The van der Waals surface area contributed by atoms with Crippen molar-refractivity contribution in [2.75, 3.05) is 13.2 Å².